The van der Waals surface area contributed by atoms with Gasteiger partial charge >= 0.3 is 0 Å². The van der Waals surface area contributed by atoms with Crippen LogP contribution >= 0.6 is 35.0 Å². The van der Waals surface area contributed by atoms with E-state index in [1.807, 2.05) is 18.2 Å². The fourth-order valence-electron chi connectivity index (χ4n) is 3.41. The molecular weight excluding hydrogens is 411 g/mol. The molecule has 28 heavy (non-hydrogen) atoms. The van der Waals surface area contributed by atoms with Gasteiger partial charge in [-0.15, -0.1) is 0 Å². The molecule has 3 rings (SSSR count). The second-order valence-corrected chi connectivity index (χ2v) is 9.06. The third-order valence-corrected chi connectivity index (χ3v) is 6.62. The van der Waals surface area contributed by atoms with Crippen molar-refractivity contribution in [1.82, 2.24) is 10.2 Å². The fraction of sp³-hybridized carbons (Fsp3) is 0.409. The fourth-order valence-corrected chi connectivity index (χ4v) is 4.82. The number of rotatable bonds is 8. The number of piperidine rings is 1. The van der Waals surface area contributed by atoms with Crippen molar-refractivity contribution in [2.24, 2.45) is 5.92 Å². The lowest BCUT2D eigenvalue weighted by Gasteiger charge is -2.31. The first-order valence-corrected chi connectivity index (χ1v) is 11.6. The van der Waals surface area contributed by atoms with E-state index < -0.39 is 0 Å². The Bertz CT molecular complexity index is 764. The van der Waals surface area contributed by atoms with E-state index in [1.54, 1.807) is 17.8 Å². The first kappa shape index (κ1) is 21.5. The lowest BCUT2D eigenvalue weighted by Crippen LogP contribution is -2.40. The predicted molar refractivity (Wildman–Crippen MR) is 120 cm³/mol. The van der Waals surface area contributed by atoms with Crippen molar-refractivity contribution in [3.8, 4) is 0 Å². The number of halogens is 2. The van der Waals surface area contributed by atoms with Crippen molar-refractivity contribution >= 4 is 40.9 Å². The second kappa shape index (κ2) is 11.1. The molecule has 0 aliphatic carbocycles. The number of hydrogen-bond donors (Lipinski definition) is 1. The van der Waals surface area contributed by atoms with Crippen LogP contribution in [0.2, 0.25) is 10.0 Å². The van der Waals surface area contributed by atoms with Gasteiger partial charge in [-0.1, -0.05) is 59.6 Å². The highest BCUT2D eigenvalue weighted by molar-refractivity contribution is 7.98. The number of nitrogens with zero attached hydrogens (tertiary/aromatic N) is 1. The third-order valence-electron chi connectivity index (χ3n) is 5.03. The van der Waals surface area contributed by atoms with Crippen LogP contribution in [0, 0.1) is 5.92 Å². The summed E-state index contributed by atoms with van der Waals surface area (Å²) >= 11 is 13.9. The standard InChI is InChI=1S/C22H26Cl2N2OS/c23-20-7-6-19(21(24)14-20)16-28-13-10-25-22(27)18-8-11-26(12-9-18)15-17-4-2-1-3-5-17/h1-7,14,18H,8-13,15-16H2,(H,25,27). The van der Waals surface area contributed by atoms with Crippen LogP contribution in [0.5, 0.6) is 0 Å². The molecule has 6 heteroatoms. The van der Waals surface area contributed by atoms with Gasteiger partial charge in [0.05, 0.1) is 0 Å². The maximum atomic E-state index is 12.4. The van der Waals surface area contributed by atoms with E-state index in [4.69, 9.17) is 23.2 Å². The Morgan fingerprint density at radius 2 is 1.86 bits per heavy atom. The second-order valence-electron chi connectivity index (χ2n) is 7.12. The van der Waals surface area contributed by atoms with Crippen molar-refractivity contribution < 1.29 is 4.79 Å². The predicted octanol–water partition coefficient (Wildman–Crippen LogP) is 5.26. The lowest BCUT2D eigenvalue weighted by molar-refractivity contribution is -0.126. The molecule has 2 aromatic rings. The molecule has 0 bridgehead atoms. The average molecular weight is 437 g/mol. The number of thioether (sulfide) groups is 1. The summed E-state index contributed by atoms with van der Waals surface area (Å²) in [5, 5.41) is 4.45. The molecule has 1 aliphatic rings. The van der Waals surface area contributed by atoms with Gasteiger partial charge in [0.25, 0.3) is 0 Å². The quantitative estimate of drug-likeness (QED) is 0.573. The molecule has 2 aromatic carbocycles. The summed E-state index contributed by atoms with van der Waals surface area (Å²) in [7, 11) is 0. The Kier molecular flexibility index (Phi) is 8.53. The minimum atomic E-state index is 0.141. The van der Waals surface area contributed by atoms with E-state index in [-0.39, 0.29) is 11.8 Å². The average Bonchev–Trinajstić information content (AvgIpc) is 2.70. The highest BCUT2D eigenvalue weighted by Crippen LogP contribution is 2.24. The van der Waals surface area contributed by atoms with Crippen molar-refractivity contribution in [3.05, 3.63) is 69.7 Å². The molecular formula is C22H26Cl2N2OS. The number of likely N-dealkylation sites (tertiary alicyclic amines) is 1. The Morgan fingerprint density at radius 1 is 1.11 bits per heavy atom. The number of amides is 1. The first-order chi connectivity index (χ1) is 13.6. The van der Waals surface area contributed by atoms with Gasteiger partial charge in [-0.05, 0) is 49.2 Å². The van der Waals surface area contributed by atoms with E-state index in [2.05, 4.69) is 34.5 Å². The first-order valence-electron chi connectivity index (χ1n) is 9.67. The summed E-state index contributed by atoms with van der Waals surface area (Å²) in [6, 6.07) is 16.1. The summed E-state index contributed by atoms with van der Waals surface area (Å²) < 4.78 is 0. The zero-order valence-electron chi connectivity index (χ0n) is 15.9. The molecule has 1 fully saturated rings. The zero-order valence-corrected chi connectivity index (χ0v) is 18.2. The smallest absolute Gasteiger partial charge is 0.223 e. The Labute approximate surface area is 181 Å². The van der Waals surface area contributed by atoms with E-state index >= 15 is 0 Å². The topological polar surface area (TPSA) is 32.3 Å². The Hall–Kier alpha value is -1.20. The Balaban J connectivity index is 1.30. The number of carbonyl (C=O) groups is 1. The molecule has 0 atom stereocenters. The summed E-state index contributed by atoms with van der Waals surface area (Å²) in [6.45, 7) is 3.63. The highest BCUT2D eigenvalue weighted by Gasteiger charge is 2.24. The number of carbonyl (C=O) groups excluding carboxylic acids is 1. The van der Waals surface area contributed by atoms with Crippen LogP contribution in [0.15, 0.2) is 48.5 Å². The summed E-state index contributed by atoms with van der Waals surface area (Å²) in [6.07, 6.45) is 1.87. The van der Waals surface area contributed by atoms with Crippen LogP contribution in [0.3, 0.4) is 0 Å². The van der Waals surface area contributed by atoms with Crippen LogP contribution in [-0.4, -0.2) is 36.2 Å². The zero-order chi connectivity index (χ0) is 19.8. The van der Waals surface area contributed by atoms with Crippen molar-refractivity contribution in [1.29, 1.82) is 0 Å². The maximum absolute atomic E-state index is 12.4. The molecule has 0 unspecified atom stereocenters. The maximum Gasteiger partial charge on any atom is 0.223 e. The molecule has 1 saturated heterocycles. The van der Waals surface area contributed by atoms with Gasteiger partial charge < -0.3 is 5.32 Å². The van der Waals surface area contributed by atoms with Gasteiger partial charge in [-0.25, -0.2) is 0 Å². The van der Waals surface area contributed by atoms with Gasteiger partial charge in [0, 0.05) is 40.6 Å². The summed E-state index contributed by atoms with van der Waals surface area (Å²) in [4.78, 5) is 14.8. The van der Waals surface area contributed by atoms with Crippen LogP contribution in [-0.2, 0) is 17.1 Å². The van der Waals surface area contributed by atoms with Gasteiger partial charge in [0.1, 0.15) is 0 Å². The molecule has 1 N–H and O–H groups in total. The minimum absolute atomic E-state index is 0.141. The van der Waals surface area contributed by atoms with Gasteiger partial charge in [-0.2, -0.15) is 11.8 Å². The van der Waals surface area contributed by atoms with Crippen LogP contribution < -0.4 is 5.32 Å². The molecule has 0 radical (unpaired) electrons. The van der Waals surface area contributed by atoms with Gasteiger partial charge in [-0.3, -0.25) is 9.69 Å². The van der Waals surface area contributed by atoms with E-state index in [9.17, 15) is 4.79 Å². The number of hydrogen-bond acceptors (Lipinski definition) is 3. The highest BCUT2D eigenvalue weighted by atomic mass is 35.5. The number of benzene rings is 2. The molecule has 1 aliphatic heterocycles. The van der Waals surface area contributed by atoms with Gasteiger partial charge in [0.2, 0.25) is 5.91 Å². The van der Waals surface area contributed by atoms with Crippen LogP contribution in [0.25, 0.3) is 0 Å². The van der Waals surface area contributed by atoms with Crippen molar-refractivity contribution in [2.75, 3.05) is 25.4 Å². The van der Waals surface area contributed by atoms with Crippen LogP contribution in [0.4, 0.5) is 0 Å². The molecule has 0 saturated carbocycles. The molecule has 0 aromatic heterocycles. The summed E-state index contributed by atoms with van der Waals surface area (Å²) in [5.41, 5.74) is 2.41. The molecule has 150 valence electrons. The van der Waals surface area contributed by atoms with Crippen molar-refractivity contribution in [2.45, 2.75) is 25.1 Å². The number of nitrogens with one attached hydrogen (secondary N) is 1. The monoisotopic (exact) mass is 436 g/mol. The van der Waals surface area contributed by atoms with Gasteiger partial charge in [0.15, 0.2) is 0 Å². The third kappa shape index (κ3) is 6.70. The molecule has 3 nitrogen and oxygen atoms in total. The largest absolute Gasteiger partial charge is 0.355 e. The molecule has 0 spiro atoms. The molecule has 1 amide bonds. The minimum Gasteiger partial charge on any atom is -0.355 e. The summed E-state index contributed by atoms with van der Waals surface area (Å²) in [5.74, 6) is 2.04. The normalized spacial score (nSPS) is 15.5. The van der Waals surface area contributed by atoms with E-state index in [0.717, 1.165) is 49.5 Å². The van der Waals surface area contributed by atoms with E-state index in [1.165, 1.54) is 5.56 Å². The SMILES string of the molecule is O=C(NCCSCc1ccc(Cl)cc1Cl)C1CCN(Cc2ccccc2)CC1. The van der Waals surface area contributed by atoms with Crippen LogP contribution in [0.1, 0.15) is 24.0 Å². The van der Waals surface area contributed by atoms with Crippen molar-refractivity contribution in [3.63, 3.8) is 0 Å². The van der Waals surface area contributed by atoms with E-state index in [0.29, 0.717) is 16.6 Å². The lowest BCUT2D eigenvalue weighted by atomic mass is 9.95. The molecule has 1 heterocycles. The Morgan fingerprint density at radius 3 is 2.57 bits per heavy atom.